The molecule has 1 aromatic heterocycles. The van der Waals surface area contributed by atoms with Crippen molar-refractivity contribution in [3.8, 4) is 6.07 Å². The van der Waals surface area contributed by atoms with Gasteiger partial charge in [-0.2, -0.15) is 5.26 Å². The van der Waals surface area contributed by atoms with Gasteiger partial charge in [0.05, 0.1) is 18.2 Å². The predicted molar refractivity (Wildman–Crippen MR) is 97.4 cm³/mol. The maximum Gasteiger partial charge on any atom is 0.234 e. The molecule has 1 aliphatic carbocycles. The number of aromatic nitrogens is 1. The number of aryl methyl sites for hydroxylation is 2. The van der Waals surface area contributed by atoms with Gasteiger partial charge in [0.15, 0.2) is 0 Å². The van der Waals surface area contributed by atoms with Crippen LogP contribution in [0.3, 0.4) is 0 Å². The number of hydrogen-bond donors (Lipinski definition) is 1. The number of fused-ring (bicyclic) bond motifs is 3. The van der Waals surface area contributed by atoms with Crippen molar-refractivity contribution in [1.82, 2.24) is 14.8 Å². The molecule has 1 fully saturated rings. The van der Waals surface area contributed by atoms with E-state index in [-0.39, 0.29) is 5.91 Å². The largest absolute Gasteiger partial charge is 0.354 e. The van der Waals surface area contributed by atoms with Gasteiger partial charge in [0, 0.05) is 42.8 Å². The van der Waals surface area contributed by atoms with E-state index in [1.165, 1.54) is 35.0 Å². The molecule has 2 aromatic rings. The van der Waals surface area contributed by atoms with Crippen LogP contribution in [0, 0.1) is 11.3 Å². The van der Waals surface area contributed by atoms with Crippen LogP contribution >= 0.6 is 0 Å². The van der Waals surface area contributed by atoms with E-state index in [9.17, 15) is 10.1 Å². The van der Waals surface area contributed by atoms with Gasteiger partial charge in [-0.1, -0.05) is 0 Å². The summed E-state index contributed by atoms with van der Waals surface area (Å²) < 4.78 is 2.47. The molecule has 0 atom stereocenters. The second kappa shape index (κ2) is 6.89. The average Bonchev–Trinajstić information content (AvgIpc) is 2.95. The van der Waals surface area contributed by atoms with Crippen LogP contribution in [0.1, 0.15) is 36.1 Å². The number of benzene rings is 1. The van der Waals surface area contributed by atoms with Crippen LogP contribution in [-0.4, -0.2) is 41.6 Å². The van der Waals surface area contributed by atoms with E-state index in [0.29, 0.717) is 6.54 Å². The number of hydrogen-bond acceptors (Lipinski definition) is 3. The van der Waals surface area contributed by atoms with Gasteiger partial charge in [0.25, 0.3) is 0 Å². The van der Waals surface area contributed by atoms with Crippen molar-refractivity contribution in [2.24, 2.45) is 0 Å². The summed E-state index contributed by atoms with van der Waals surface area (Å²) in [4.78, 5) is 13.7. The molecule has 0 radical (unpaired) electrons. The Bertz CT molecular complexity index is 845. The molecule has 1 N–H and O–H groups in total. The van der Waals surface area contributed by atoms with E-state index in [1.807, 2.05) is 6.07 Å². The summed E-state index contributed by atoms with van der Waals surface area (Å²) in [7, 11) is 0. The molecule has 4 rings (SSSR count). The Kier molecular flexibility index (Phi) is 4.46. The maximum absolute atomic E-state index is 11.5. The third kappa shape index (κ3) is 3.14. The van der Waals surface area contributed by atoms with Gasteiger partial charge in [0.2, 0.25) is 5.91 Å². The third-order valence-electron chi connectivity index (χ3n) is 5.48. The zero-order chi connectivity index (χ0) is 17.2. The summed E-state index contributed by atoms with van der Waals surface area (Å²) in [6, 6.07) is 8.37. The number of piperazine rings is 1. The van der Waals surface area contributed by atoms with Crippen LogP contribution < -0.4 is 5.32 Å². The fourth-order valence-corrected chi connectivity index (χ4v) is 4.30. The van der Waals surface area contributed by atoms with Crippen molar-refractivity contribution in [2.75, 3.05) is 26.2 Å². The van der Waals surface area contributed by atoms with Crippen molar-refractivity contribution in [2.45, 2.75) is 38.6 Å². The highest BCUT2D eigenvalue weighted by atomic mass is 16.2. The molecule has 2 aliphatic rings. The molecule has 1 aromatic carbocycles. The summed E-state index contributed by atoms with van der Waals surface area (Å²) in [5, 5.41) is 13.4. The first-order chi connectivity index (χ1) is 12.3. The Morgan fingerprint density at radius 1 is 1.20 bits per heavy atom. The second-order valence-corrected chi connectivity index (χ2v) is 7.11. The highest BCUT2D eigenvalue weighted by molar-refractivity contribution is 5.87. The van der Waals surface area contributed by atoms with Crippen LogP contribution in [-0.2, 0) is 24.2 Å². The molecule has 130 valence electrons. The standard InChI is InChI=1S/C20H24N4O/c21-13-15-6-7-19-17(12-15)16-4-1-2-5-18(16)24(19)10-3-9-23-11-8-22-20(25)14-23/h6-7,12H,1-5,8-11,14H2,(H,22,25). The second-order valence-electron chi connectivity index (χ2n) is 7.11. The Balaban J connectivity index is 1.56. The molecular formula is C20H24N4O. The minimum atomic E-state index is 0.138. The molecule has 1 aliphatic heterocycles. The lowest BCUT2D eigenvalue weighted by Crippen LogP contribution is -2.47. The molecule has 5 heteroatoms. The van der Waals surface area contributed by atoms with E-state index in [1.54, 1.807) is 0 Å². The predicted octanol–water partition coefficient (Wildman–Crippen LogP) is 2.21. The van der Waals surface area contributed by atoms with Crippen LogP contribution in [0.15, 0.2) is 18.2 Å². The summed E-state index contributed by atoms with van der Waals surface area (Å²) in [6.45, 7) is 4.17. The van der Waals surface area contributed by atoms with Crippen molar-refractivity contribution in [3.05, 3.63) is 35.0 Å². The monoisotopic (exact) mass is 336 g/mol. The number of carbonyl (C=O) groups excluding carboxylic acids is 1. The normalized spacial score (nSPS) is 18.0. The molecule has 5 nitrogen and oxygen atoms in total. The highest BCUT2D eigenvalue weighted by Crippen LogP contribution is 2.33. The lowest BCUT2D eigenvalue weighted by atomic mass is 9.95. The van der Waals surface area contributed by atoms with Gasteiger partial charge in [-0.3, -0.25) is 9.69 Å². The van der Waals surface area contributed by atoms with Crippen LogP contribution in [0.4, 0.5) is 0 Å². The SMILES string of the molecule is N#Cc1ccc2c(c1)c1c(n2CCCN2CCNC(=O)C2)CCCC1. The van der Waals surface area contributed by atoms with Gasteiger partial charge in [-0.25, -0.2) is 0 Å². The maximum atomic E-state index is 11.5. The lowest BCUT2D eigenvalue weighted by Gasteiger charge is -2.26. The molecule has 25 heavy (non-hydrogen) atoms. The van der Waals surface area contributed by atoms with Gasteiger partial charge < -0.3 is 9.88 Å². The molecule has 0 saturated carbocycles. The first-order valence-electron chi connectivity index (χ1n) is 9.29. The number of rotatable bonds is 4. The van der Waals surface area contributed by atoms with E-state index >= 15 is 0 Å². The Labute approximate surface area is 148 Å². The van der Waals surface area contributed by atoms with Crippen LogP contribution in [0.25, 0.3) is 10.9 Å². The van der Waals surface area contributed by atoms with Crippen LogP contribution in [0.5, 0.6) is 0 Å². The lowest BCUT2D eigenvalue weighted by molar-refractivity contribution is -0.124. The summed E-state index contributed by atoms with van der Waals surface area (Å²) in [6.07, 6.45) is 5.80. The first kappa shape index (κ1) is 16.2. The Morgan fingerprint density at radius 2 is 2.08 bits per heavy atom. The average molecular weight is 336 g/mol. The van der Waals surface area contributed by atoms with Gasteiger partial charge in [-0.15, -0.1) is 0 Å². The molecule has 0 unspecified atom stereocenters. The summed E-state index contributed by atoms with van der Waals surface area (Å²) in [5.74, 6) is 0.138. The van der Waals surface area contributed by atoms with Crippen LogP contribution in [0.2, 0.25) is 0 Å². The quantitative estimate of drug-likeness (QED) is 0.931. The summed E-state index contributed by atoms with van der Waals surface area (Å²) >= 11 is 0. The Morgan fingerprint density at radius 3 is 2.92 bits per heavy atom. The molecular weight excluding hydrogens is 312 g/mol. The van der Waals surface area contributed by atoms with E-state index in [2.05, 4.69) is 33.0 Å². The first-order valence-corrected chi connectivity index (χ1v) is 9.29. The van der Waals surface area contributed by atoms with Gasteiger partial charge in [0.1, 0.15) is 0 Å². The minimum absolute atomic E-state index is 0.138. The van der Waals surface area contributed by atoms with Crippen molar-refractivity contribution in [3.63, 3.8) is 0 Å². The van der Waals surface area contributed by atoms with E-state index < -0.39 is 0 Å². The third-order valence-corrected chi connectivity index (χ3v) is 5.48. The number of amides is 1. The molecule has 0 spiro atoms. The minimum Gasteiger partial charge on any atom is -0.354 e. The number of nitriles is 1. The zero-order valence-corrected chi connectivity index (χ0v) is 14.6. The molecule has 1 saturated heterocycles. The fraction of sp³-hybridized carbons (Fsp3) is 0.500. The molecule has 1 amide bonds. The summed E-state index contributed by atoms with van der Waals surface area (Å²) in [5.41, 5.74) is 4.93. The number of carbonyl (C=O) groups is 1. The van der Waals surface area contributed by atoms with E-state index in [4.69, 9.17) is 0 Å². The van der Waals surface area contributed by atoms with Crippen molar-refractivity contribution >= 4 is 16.8 Å². The van der Waals surface area contributed by atoms with Gasteiger partial charge >= 0.3 is 0 Å². The zero-order valence-electron chi connectivity index (χ0n) is 14.6. The Hall–Kier alpha value is -2.32. The topological polar surface area (TPSA) is 61.1 Å². The smallest absolute Gasteiger partial charge is 0.234 e. The van der Waals surface area contributed by atoms with Crippen molar-refractivity contribution < 1.29 is 4.79 Å². The fourth-order valence-electron chi connectivity index (χ4n) is 4.30. The van der Waals surface area contributed by atoms with E-state index in [0.717, 1.165) is 51.0 Å². The number of nitrogens with zero attached hydrogens (tertiary/aromatic N) is 3. The van der Waals surface area contributed by atoms with Crippen molar-refractivity contribution in [1.29, 1.82) is 5.26 Å². The van der Waals surface area contributed by atoms with Gasteiger partial charge in [-0.05, 0) is 55.9 Å². The highest BCUT2D eigenvalue weighted by Gasteiger charge is 2.21. The number of nitrogens with one attached hydrogen (secondary N) is 1. The molecule has 2 heterocycles. The molecule has 0 bridgehead atoms.